The number of fused-ring (bicyclic) bond motifs is 1. The molecule has 0 unspecified atom stereocenters. The van der Waals surface area contributed by atoms with Gasteiger partial charge in [-0.1, -0.05) is 17.7 Å². The van der Waals surface area contributed by atoms with Gasteiger partial charge in [0.15, 0.2) is 0 Å². The lowest BCUT2D eigenvalue weighted by atomic mass is 10.1. The van der Waals surface area contributed by atoms with Crippen LogP contribution >= 0.6 is 11.6 Å². The first-order valence-corrected chi connectivity index (χ1v) is 6.50. The van der Waals surface area contributed by atoms with E-state index in [4.69, 9.17) is 11.6 Å². The van der Waals surface area contributed by atoms with Crippen LogP contribution in [0.4, 0.5) is 5.69 Å². The largest absolute Gasteiger partial charge is 0.284 e. The summed E-state index contributed by atoms with van der Waals surface area (Å²) < 4.78 is 1.41. The molecule has 1 heterocycles. The Hall–Kier alpha value is -2.66. The highest BCUT2D eigenvalue weighted by Gasteiger charge is 2.10. The molecule has 0 spiro atoms. The van der Waals surface area contributed by atoms with E-state index in [1.165, 1.54) is 16.7 Å². The molecule has 21 heavy (non-hydrogen) atoms. The highest BCUT2D eigenvalue weighted by atomic mass is 35.5. The summed E-state index contributed by atoms with van der Waals surface area (Å²) in [6, 6.07) is 12.8. The first-order valence-electron chi connectivity index (χ1n) is 6.12. The third-order valence-corrected chi connectivity index (χ3v) is 3.42. The summed E-state index contributed by atoms with van der Waals surface area (Å²) >= 11 is 5.93. The minimum Gasteiger partial charge on any atom is -0.284 e. The molecule has 0 bridgehead atoms. The normalized spacial score (nSPS) is 10.7. The standard InChI is InChI=1S/C15H9ClN2O3/c16-11-2-1-3-12(8-11)17-7-6-10-4-5-13(18(20)21)9-14(10)15(17)19/h1-9H. The van der Waals surface area contributed by atoms with Crippen LogP contribution in [0.5, 0.6) is 0 Å². The van der Waals surface area contributed by atoms with Gasteiger partial charge in [0, 0.05) is 23.4 Å². The van der Waals surface area contributed by atoms with Gasteiger partial charge in [-0.2, -0.15) is 0 Å². The summed E-state index contributed by atoms with van der Waals surface area (Å²) in [6.45, 7) is 0. The lowest BCUT2D eigenvalue weighted by Gasteiger charge is -2.07. The molecule has 0 saturated carbocycles. The van der Waals surface area contributed by atoms with E-state index in [2.05, 4.69) is 0 Å². The summed E-state index contributed by atoms with van der Waals surface area (Å²) in [4.78, 5) is 22.8. The van der Waals surface area contributed by atoms with Gasteiger partial charge in [0.25, 0.3) is 11.2 Å². The predicted octanol–water partition coefficient (Wildman–Crippen LogP) is 3.55. The van der Waals surface area contributed by atoms with Gasteiger partial charge in [0.2, 0.25) is 0 Å². The topological polar surface area (TPSA) is 65.1 Å². The van der Waals surface area contributed by atoms with Gasteiger partial charge in [0.05, 0.1) is 16.0 Å². The van der Waals surface area contributed by atoms with Gasteiger partial charge in [-0.3, -0.25) is 19.5 Å². The van der Waals surface area contributed by atoms with Crippen LogP contribution in [0.3, 0.4) is 0 Å². The Morgan fingerprint density at radius 3 is 2.62 bits per heavy atom. The second-order valence-electron chi connectivity index (χ2n) is 4.50. The minimum absolute atomic E-state index is 0.108. The van der Waals surface area contributed by atoms with E-state index < -0.39 is 4.92 Å². The van der Waals surface area contributed by atoms with Crippen LogP contribution in [-0.2, 0) is 0 Å². The number of pyridine rings is 1. The molecule has 0 fully saturated rings. The minimum atomic E-state index is -0.518. The van der Waals surface area contributed by atoms with Crippen molar-refractivity contribution in [1.29, 1.82) is 0 Å². The highest BCUT2D eigenvalue weighted by molar-refractivity contribution is 6.30. The van der Waals surface area contributed by atoms with Crippen molar-refractivity contribution in [3.8, 4) is 5.69 Å². The molecule has 2 aromatic carbocycles. The molecule has 0 amide bonds. The lowest BCUT2D eigenvalue weighted by molar-refractivity contribution is -0.384. The van der Waals surface area contributed by atoms with E-state index in [1.807, 2.05) is 0 Å². The Kier molecular flexibility index (Phi) is 3.19. The van der Waals surface area contributed by atoms with Crippen LogP contribution in [0.1, 0.15) is 0 Å². The quantitative estimate of drug-likeness (QED) is 0.537. The molecule has 0 aliphatic rings. The van der Waals surface area contributed by atoms with Crippen molar-refractivity contribution in [2.24, 2.45) is 0 Å². The maximum atomic E-state index is 12.5. The second kappa shape index (κ2) is 5.03. The molecule has 0 aliphatic carbocycles. The Balaban J connectivity index is 2.28. The number of hydrogen-bond donors (Lipinski definition) is 0. The fraction of sp³-hybridized carbons (Fsp3) is 0. The third-order valence-electron chi connectivity index (χ3n) is 3.19. The monoisotopic (exact) mass is 300 g/mol. The van der Waals surface area contributed by atoms with Crippen LogP contribution in [0.25, 0.3) is 16.5 Å². The zero-order chi connectivity index (χ0) is 15.0. The van der Waals surface area contributed by atoms with Crippen LogP contribution in [0.2, 0.25) is 5.02 Å². The summed E-state index contributed by atoms with van der Waals surface area (Å²) in [5.74, 6) is 0. The number of non-ortho nitro benzene ring substituents is 1. The number of nitro benzene ring substituents is 1. The maximum absolute atomic E-state index is 12.5. The molecule has 0 saturated heterocycles. The van der Waals surface area contributed by atoms with Gasteiger partial charge >= 0.3 is 0 Å². The summed E-state index contributed by atoms with van der Waals surface area (Å²) in [7, 11) is 0. The molecule has 104 valence electrons. The van der Waals surface area contributed by atoms with E-state index in [-0.39, 0.29) is 11.2 Å². The first kappa shape index (κ1) is 13.3. The van der Waals surface area contributed by atoms with Crippen molar-refractivity contribution >= 4 is 28.1 Å². The molecule has 3 rings (SSSR count). The smallest absolute Gasteiger partial charge is 0.270 e. The van der Waals surface area contributed by atoms with E-state index in [0.717, 1.165) is 0 Å². The van der Waals surface area contributed by atoms with Gasteiger partial charge in [0.1, 0.15) is 0 Å². The number of rotatable bonds is 2. The third kappa shape index (κ3) is 2.39. The summed E-state index contributed by atoms with van der Waals surface area (Å²) in [6.07, 6.45) is 1.63. The fourth-order valence-corrected chi connectivity index (χ4v) is 2.35. The van der Waals surface area contributed by atoms with Crippen molar-refractivity contribution in [2.45, 2.75) is 0 Å². The molecule has 3 aromatic rings. The van der Waals surface area contributed by atoms with E-state index in [0.29, 0.717) is 21.5 Å². The van der Waals surface area contributed by atoms with Crippen molar-refractivity contribution in [1.82, 2.24) is 4.57 Å². The number of halogens is 1. The van der Waals surface area contributed by atoms with Crippen LogP contribution in [0, 0.1) is 10.1 Å². The highest BCUT2D eigenvalue weighted by Crippen LogP contribution is 2.19. The van der Waals surface area contributed by atoms with Crippen LogP contribution in [-0.4, -0.2) is 9.49 Å². The Labute approximate surface area is 124 Å². The lowest BCUT2D eigenvalue weighted by Crippen LogP contribution is -2.17. The van der Waals surface area contributed by atoms with Gasteiger partial charge in [-0.25, -0.2) is 0 Å². The van der Waals surface area contributed by atoms with Gasteiger partial charge in [-0.15, -0.1) is 0 Å². The van der Waals surface area contributed by atoms with E-state index in [9.17, 15) is 14.9 Å². The number of benzene rings is 2. The molecule has 0 aliphatic heterocycles. The predicted molar refractivity (Wildman–Crippen MR) is 81.2 cm³/mol. The summed E-state index contributed by atoms with van der Waals surface area (Å²) in [5.41, 5.74) is 0.183. The van der Waals surface area contributed by atoms with Crippen molar-refractivity contribution in [3.05, 3.63) is 80.2 Å². The molecule has 0 atom stereocenters. The maximum Gasteiger partial charge on any atom is 0.270 e. The molecular formula is C15H9ClN2O3. The Bertz CT molecular complexity index is 918. The molecule has 1 aromatic heterocycles. The molecule has 0 N–H and O–H groups in total. The number of hydrogen-bond acceptors (Lipinski definition) is 3. The van der Waals surface area contributed by atoms with E-state index >= 15 is 0 Å². The van der Waals surface area contributed by atoms with Gasteiger partial charge < -0.3 is 0 Å². The zero-order valence-electron chi connectivity index (χ0n) is 10.7. The van der Waals surface area contributed by atoms with E-state index in [1.54, 1.807) is 42.6 Å². The second-order valence-corrected chi connectivity index (χ2v) is 4.94. The Morgan fingerprint density at radius 1 is 1.10 bits per heavy atom. The molecule has 6 heteroatoms. The van der Waals surface area contributed by atoms with Gasteiger partial charge in [-0.05, 0) is 35.7 Å². The fourth-order valence-electron chi connectivity index (χ4n) is 2.17. The van der Waals surface area contributed by atoms with Crippen molar-refractivity contribution in [2.75, 3.05) is 0 Å². The first-order chi connectivity index (χ1) is 10.1. The van der Waals surface area contributed by atoms with Crippen LogP contribution in [0.15, 0.2) is 59.5 Å². The number of aromatic nitrogens is 1. The SMILES string of the molecule is O=c1c2cc([N+](=O)[O-])ccc2ccn1-c1cccc(Cl)c1. The molecular weight excluding hydrogens is 292 g/mol. The molecule has 0 radical (unpaired) electrons. The van der Waals surface area contributed by atoms with Crippen LogP contribution < -0.4 is 5.56 Å². The average molecular weight is 301 g/mol. The summed E-state index contributed by atoms with van der Waals surface area (Å²) in [5, 5.41) is 12.3. The number of nitro groups is 1. The Morgan fingerprint density at radius 2 is 1.90 bits per heavy atom. The van der Waals surface area contributed by atoms with Crippen molar-refractivity contribution < 1.29 is 4.92 Å². The number of nitrogens with zero attached hydrogens (tertiary/aromatic N) is 2. The van der Waals surface area contributed by atoms with Crippen molar-refractivity contribution in [3.63, 3.8) is 0 Å². The average Bonchev–Trinajstić information content (AvgIpc) is 2.47. The molecule has 5 nitrogen and oxygen atoms in total. The zero-order valence-corrected chi connectivity index (χ0v) is 11.4.